The second-order valence-electron chi connectivity index (χ2n) is 3.90. The van der Waals surface area contributed by atoms with E-state index in [0.29, 0.717) is 0 Å². The summed E-state index contributed by atoms with van der Waals surface area (Å²) in [6.07, 6.45) is 1.65. The summed E-state index contributed by atoms with van der Waals surface area (Å²) in [5.74, 6) is 1.53. The Morgan fingerprint density at radius 1 is 1.06 bits per heavy atom. The van der Waals surface area contributed by atoms with Crippen molar-refractivity contribution in [2.24, 2.45) is 0 Å². The molecular weight excluding hydrogens is 212 g/mol. The molecule has 0 bridgehead atoms. The zero-order valence-electron chi connectivity index (χ0n) is 9.47. The summed E-state index contributed by atoms with van der Waals surface area (Å²) < 4.78 is 5.33. The van der Waals surface area contributed by atoms with Gasteiger partial charge in [-0.3, -0.25) is 0 Å². The zero-order chi connectivity index (χ0) is 11.7. The van der Waals surface area contributed by atoms with Crippen molar-refractivity contribution in [3.05, 3.63) is 54.4 Å². The quantitative estimate of drug-likeness (QED) is 0.722. The topological polar surface area (TPSA) is 41.8 Å². The fourth-order valence-electron chi connectivity index (χ4n) is 1.87. The van der Waals surface area contributed by atoms with E-state index in [4.69, 9.17) is 4.42 Å². The Morgan fingerprint density at radius 3 is 2.59 bits per heavy atom. The van der Waals surface area contributed by atoms with E-state index in [-0.39, 0.29) is 0 Å². The molecule has 1 N–H and O–H groups in total. The molecule has 3 heteroatoms. The van der Waals surface area contributed by atoms with Gasteiger partial charge in [0.2, 0.25) is 0 Å². The van der Waals surface area contributed by atoms with Gasteiger partial charge in [0.1, 0.15) is 0 Å². The number of aromatic amines is 1. The van der Waals surface area contributed by atoms with Gasteiger partial charge in [-0.25, -0.2) is 4.98 Å². The van der Waals surface area contributed by atoms with E-state index < -0.39 is 0 Å². The largest absolute Gasteiger partial charge is 0.461 e. The van der Waals surface area contributed by atoms with Gasteiger partial charge in [0, 0.05) is 11.3 Å². The lowest BCUT2D eigenvalue weighted by atomic mass is 10.1. The minimum Gasteiger partial charge on any atom is -0.461 e. The molecule has 0 fully saturated rings. The Balaban J connectivity index is 2.08. The molecule has 0 aliphatic heterocycles. The summed E-state index contributed by atoms with van der Waals surface area (Å²) >= 11 is 0. The van der Waals surface area contributed by atoms with Crippen LogP contribution in [0.3, 0.4) is 0 Å². The third-order valence-corrected chi connectivity index (χ3v) is 2.69. The molecule has 0 amide bonds. The van der Waals surface area contributed by atoms with E-state index in [2.05, 4.69) is 22.1 Å². The van der Waals surface area contributed by atoms with Gasteiger partial charge in [0.15, 0.2) is 11.6 Å². The molecule has 3 aromatic rings. The highest BCUT2D eigenvalue weighted by molar-refractivity contribution is 5.65. The fraction of sp³-hybridized carbons (Fsp3) is 0.0714. The number of aryl methyl sites for hydroxylation is 1. The summed E-state index contributed by atoms with van der Waals surface area (Å²) in [4.78, 5) is 7.81. The number of imidazole rings is 1. The Kier molecular flexibility index (Phi) is 2.29. The predicted octanol–water partition coefficient (Wildman–Crippen LogP) is 3.65. The van der Waals surface area contributed by atoms with Gasteiger partial charge in [-0.05, 0) is 19.1 Å². The Hall–Kier alpha value is -2.29. The Morgan fingerprint density at radius 2 is 1.88 bits per heavy atom. The number of benzene rings is 1. The van der Waals surface area contributed by atoms with E-state index in [9.17, 15) is 0 Å². The Labute approximate surface area is 99.1 Å². The molecule has 84 valence electrons. The van der Waals surface area contributed by atoms with E-state index in [1.807, 2.05) is 37.3 Å². The number of nitrogens with one attached hydrogen (secondary N) is 1. The van der Waals surface area contributed by atoms with Crippen LogP contribution >= 0.6 is 0 Å². The number of hydrogen-bond acceptors (Lipinski definition) is 2. The van der Waals surface area contributed by atoms with E-state index >= 15 is 0 Å². The molecule has 3 rings (SSSR count). The average Bonchev–Trinajstić information content (AvgIpc) is 2.99. The maximum Gasteiger partial charge on any atom is 0.174 e. The van der Waals surface area contributed by atoms with Crippen molar-refractivity contribution >= 4 is 0 Å². The molecule has 0 radical (unpaired) electrons. The van der Waals surface area contributed by atoms with Crippen molar-refractivity contribution in [2.75, 3.05) is 0 Å². The summed E-state index contributed by atoms with van der Waals surface area (Å²) in [6, 6.07) is 13.9. The number of rotatable bonds is 2. The standard InChI is InChI=1S/C14H12N2O/c1-10-13(11-6-3-2-4-7-11)16-14(15-10)12-8-5-9-17-12/h2-9H,1H3,(H,15,16). The maximum absolute atomic E-state index is 5.33. The third-order valence-electron chi connectivity index (χ3n) is 2.69. The van der Waals surface area contributed by atoms with Gasteiger partial charge >= 0.3 is 0 Å². The molecule has 0 atom stereocenters. The van der Waals surface area contributed by atoms with Crippen LogP contribution < -0.4 is 0 Å². The monoisotopic (exact) mass is 224 g/mol. The minimum absolute atomic E-state index is 0.760. The fourth-order valence-corrected chi connectivity index (χ4v) is 1.87. The lowest BCUT2D eigenvalue weighted by Crippen LogP contribution is -1.79. The summed E-state index contributed by atoms with van der Waals surface area (Å²) in [5, 5.41) is 0. The first-order chi connectivity index (χ1) is 8.34. The lowest BCUT2D eigenvalue weighted by Gasteiger charge is -1.96. The second-order valence-corrected chi connectivity index (χ2v) is 3.90. The molecule has 0 aliphatic carbocycles. The van der Waals surface area contributed by atoms with Crippen LogP contribution in [0.1, 0.15) is 5.69 Å². The SMILES string of the molecule is Cc1[nH]c(-c2ccco2)nc1-c1ccccc1. The van der Waals surface area contributed by atoms with Gasteiger partial charge in [0.05, 0.1) is 12.0 Å². The molecule has 3 nitrogen and oxygen atoms in total. The van der Waals surface area contributed by atoms with Gasteiger partial charge in [-0.15, -0.1) is 0 Å². The van der Waals surface area contributed by atoms with Crippen LogP contribution in [0, 0.1) is 6.92 Å². The first-order valence-corrected chi connectivity index (χ1v) is 5.50. The van der Waals surface area contributed by atoms with Crippen LogP contribution in [0.5, 0.6) is 0 Å². The molecule has 0 spiro atoms. The zero-order valence-corrected chi connectivity index (χ0v) is 9.47. The molecule has 0 saturated heterocycles. The van der Waals surface area contributed by atoms with Gasteiger partial charge in [-0.2, -0.15) is 0 Å². The van der Waals surface area contributed by atoms with Gasteiger partial charge in [0.25, 0.3) is 0 Å². The molecule has 0 saturated carbocycles. The number of hydrogen-bond donors (Lipinski definition) is 1. The highest BCUT2D eigenvalue weighted by Crippen LogP contribution is 2.25. The molecule has 1 aromatic carbocycles. The average molecular weight is 224 g/mol. The van der Waals surface area contributed by atoms with Gasteiger partial charge < -0.3 is 9.40 Å². The first kappa shape index (κ1) is 9.90. The van der Waals surface area contributed by atoms with E-state index in [1.165, 1.54) is 0 Å². The number of furan rings is 1. The van der Waals surface area contributed by atoms with Crippen molar-refractivity contribution in [1.29, 1.82) is 0 Å². The third kappa shape index (κ3) is 1.76. The number of aromatic nitrogens is 2. The second kappa shape index (κ2) is 3.94. The number of H-pyrrole nitrogens is 1. The molecule has 17 heavy (non-hydrogen) atoms. The van der Waals surface area contributed by atoms with Crippen LogP contribution in [0.4, 0.5) is 0 Å². The van der Waals surface area contributed by atoms with Crippen molar-refractivity contribution in [2.45, 2.75) is 6.92 Å². The minimum atomic E-state index is 0.760. The van der Waals surface area contributed by atoms with Crippen molar-refractivity contribution in [1.82, 2.24) is 9.97 Å². The molecule has 2 heterocycles. The van der Waals surface area contributed by atoms with E-state index in [1.54, 1.807) is 6.26 Å². The van der Waals surface area contributed by atoms with Gasteiger partial charge in [-0.1, -0.05) is 30.3 Å². The van der Waals surface area contributed by atoms with Crippen LogP contribution in [0.2, 0.25) is 0 Å². The van der Waals surface area contributed by atoms with Crippen molar-refractivity contribution in [3.63, 3.8) is 0 Å². The highest BCUT2D eigenvalue weighted by atomic mass is 16.3. The summed E-state index contributed by atoms with van der Waals surface area (Å²) in [5.41, 5.74) is 3.12. The molecular formula is C14H12N2O. The van der Waals surface area contributed by atoms with E-state index in [0.717, 1.165) is 28.5 Å². The van der Waals surface area contributed by atoms with Crippen LogP contribution in [0.25, 0.3) is 22.8 Å². The van der Waals surface area contributed by atoms with Crippen molar-refractivity contribution < 1.29 is 4.42 Å². The smallest absolute Gasteiger partial charge is 0.174 e. The first-order valence-electron chi connectivity index (χ1n) is 5.50. The van der Waals surface area contributed by atoms with Crippen LogP contribution in [0.15, 0.2) is 53.1 Å². The predicted molar refractivity (Wildman–Crippen MR) is 66.5 cm³/mol. The summed E-state index contributed by atoms with van der Waals surface area (Å²) in [7, 11) is 0. The lowest BCUT2D eigenvalue weighted by molar-refractivity contribution is 0.578. The molecule has 0 unspecified atom stereocenters. The van der Waals surface area contributed by atoms with Crippen molar-refractivity contribution in [3.8, 4) is 22.8 Å². The number of nitrogens with zero attached hydrogens (tertiary/aromatic N) is 1. The normalized spacial score (nSPS) is 10.6. The Bertz CT molecular complexity index is 609. The molecule has 0 aliphatic rings. The van der Waals surface area contributed by atoms with Crippen LogP contribution in [-0.2, 0) is 0 Å². The summed E-state index contributed by atoms with van der Waals surface area (Å²) in [6.45, 7) is 2.02. The molecule has 2 aromatic heterocycles. The highest BCUT2D eigenvalue weighted by Gasteiger charge is 2.11. The maximum atomic E-state index is 5.33. The van der Waals surface area contributed by atoms with Crippen LogP contribution in [-0.4, -0.2) is 9.97 Å².